The summed E-state index contributed by atoms with van der Waals surface area (Å²) in [5.74, 6) is -1.02. The number of amides is 1. The first kappa shape index (κ1) is 15.7. The van der Waals surface area contributed by atoms with E-state index in [2.05, 4.69) is 11.9 Å². The van der Waals surface area contributed by atoms with E-state index in [4.69, 9.17) is 9.84 Å². The standard InChI is InChI=1S/C14H17NO5/c1-3-6-20-14(19)15-12-7-10(9(2)16)4-5-11(12)8-13(17)18/h3-5,7,9,16H,1,6,8H2,2H3,(H,15,19)(H,17,18). The first-order valence-electron chi connectivity index (χ1n) is 6.01. The van der Waals surface area contributed by atoms with Gasteiger partial charge in [0.05, 0.1) is 12.5 Å². The van der Waals surface area contributed by atoms with Crippen LogP contribution in [0.2, 0.25) is 0 Å². The van der Waals surface area contributed by atoms with Crippen molar-refractivity contribution >= 4 is 17.7 Å². The average molecular weight is 279 g/mol. The van der Waals surface area contributed by atoms with Crippen LogP contribution in [0.3, 0.4) is 0 Å². The van der Waals surface area contributed by atoms with Crippen molar-refractivity contribution in [2.24, 2.45) is 0 Å². The summed E-state index contributed by atoms with van der Waals surface area (Å²) >= 11 is 0. The summed E-state index contributed by atoms with van der Waals surface area (Å²) in [4.78, 5) is 22.3. The van der Waals surface area contributed by atoms with Gasteiger partial charge < -0.3 is 14.9 Å². The van der Waals surface area contributed by atoms with E-state index in [0.29, 0.717) is 16.8 Å². The van der Waals surface area contributed by atoms with E-state index < -0.39 is 18.2 Å². The lowest BCUT2D eigenvalue weighted by Gasteiger charge is -2.13. The number of carboxylic acid groups (broad SMARTS) is 1. The molecule has 0 aromatic heterocycles. The molecule has 0 saturated heterocycles. The van der Waals surface area contributed by atoms with E-state index in [1.807, 2.05) is 0 Å². The lowest BCUT2D eigenvalue weighted by molar-refractivity contribution is -0.136. The Balaban J connectivity index is 2.98. The first-order chi connectivity index (χ1) is 9.43. The molecule has 0 radical (unpaired) electrons. The summed E-state index contributed by atoms with van der Waals surface area (Å²) in [5.41, 5.74) is 1.30. The van der Waals surface area contributed by atoms with Crippen molar-refractivity contribution in [3.05, 3.63) is 42.0 Å². The molecule has 6 nitrogen and oxygen atoms in total. The Morgan fingerprint density at radius 2 is 2.20 bits per heavy atom. The van der Waals surface area contributed by atoms with Gasteiger partial charge in [-0.25, -0.2) is 4.79 Å². The fourth-order valence-electron chi connectivity index (χ4n) is 1.57. The Morgan fingerprint density at radius 3 is 2.75 bits per heavy atom. The molecule has 1 unspecified atom stereocenters. The second-order valence-electron chi connectivity index (χ2n) is 4.18. The molecular formula is C14H17NO5. The van der Waals surface area contributed by atoms with Crippen LogP contribution in [-0.4, -0.2) is 28.9 Å². The number of hydrogen-bond donors (Lipinski definition) is 3. The van der Waals surface area contributed by atoms with Gasteiger partial charge in [-0.3, -0.25) is 10.1 Å². The molecule has 3 N–H and O–H groups in total. The molecule has 0 heterocycles. The zero-order chi connectivity index (χ0) is 15.1. The predicted molar refractivity (Wildman–Crippen MR) is 73.6 cm³/mol. The van der Waals surface area contributed by atoms with Crippen LogP contribution < -0.4 is 5.32 Å². The van der Waals surface area contributed by atoms with Crippen LogP contribution >= 0.6 is 0 Å². The van der Waals surface area contributed by atoms with E-state index in [9.17, 15) is 14.7 Å². The Bertz CT molecular complexity index is 510. The van der Waals surface area contributed by atoms with Gasteiger partial charge in [0.15, 0.2) is 0 Å². The number of nitrogens with one attached hydrogen (secondary N) is 1. The molecule has 0 saturated carbocycles. The minimum atomic E-state index is -1.02. The summed E-state index contributed by atoms with van der Waals surface area (Å²) in [7, 11) is 0. The van der Waals surface area contributed by atoms with Crippen molar-refractivity contribution in [3.63, 3.8) is 0 Å². The molecule has 0 aliphatic carbocycles. The van der Waals surface area contributed by atoms with Crippen molar-refractivity contribution in [2.75, 3.05) is 11.9 Å². The van der Waals surface area contributed by atoms with Gasteiger partial charge in [-0.15, -0.1) is 0 Å². The largest absolute Gasteiger partial charge is 0.481 e. The van der Waals surface area contributed by atoms with Crippen molar-refractivity contribution < 1.29 is 24.5 Å². The van der Waals surface area contributed by atoms with Crippen LogP contribution in [-0.2, 0) is 16.0 Å². The SMILES string of the molecule is C=CCOC(=O)Nc1cc(C(C)O)ccc1CC(=O)O. The third kappa shape index (κ3) is 4.74. The second kappa shape index (κ2) is 7.30. The molecule has 0 bridgehead atoms. The summed E-state index contributed by atoms with van der Waals surface area (Å²) in [6, 6.07) is 4.70. The minimum Gasteiger partial charge on any atom is -0.481 e. The van der Waals surface area contributed by atoms with Crippen LogP contribution in [0, 0.1) is 0 Å². The van der Waals surface area contributed by atoms with Gasteiger partial charge in [0.1, 0.15) is 6.61 Å². The van der Waals surface area contributed by atoms with Crippen molar-refractivity contribution in [1.29, 1.82) is 0 Å². The number of ether oxygens (including phenoxy) is 1. The van der Waals surface area contributed by atoms with Crippen LogP contribution in [0.4, 0.5) is 10.5 Å². The summed E-state index contributed by atoms with van der Waals surface area (Å²) in [6.07, 6.45) is -0.251. The smallest absolute Gasteiger partial charge is 0.411 e. The molecule has 1 aromatic rings. The van der Waals surface area contributed by atoms with Gasteiger partial charge in [-0.1, -0.05) is 24.8 Å². The number of aliphatic hydroxyl groups is 1. The molecule has 1 rings (SSSR count). The van der Waals surface area contributed by atoms with Crippen LogP contribution in [0.5, 0.6) is 0 Å². The van der Waals surface area contributed by atoms with Crippen LogP contribution in [0.15, 0.2) is 30.9 Å². The van der Waals surface area contributed by atoms with Crippen molar-refractivity contribution in [1.82, 2.24) is 0 Å². The molecule has 0 spiro atoms. The van der Waals surface area contributed by atoms with Gasteiger partial charge in [0.25, 0.3) is 0 Å². The highest BCUT2D eigenvalue weighted by Gasteiger charge is 2.12. The minimum absolute atomic E-state index is 0.0518. The third-order valence-electron chi connectivity index (χ3n) is 2.53. The van der Waals surface area contributed by atoms with Gasteiger partial charge in [0.2, 0.25) is 0 Å². The van der Waals surface area contributed by atoms with Gasteiger partial charge in [-0.2, -0.15) is 0 Å². The molecule has 0 aliphatic rings. The second-order valence-corrected chi connectivity index (χ2v) is 4.18. The number of anilines is 1. The molecule has 20 heavy (non-hydrogen) atoms. The van der Waals surface area contributed by atoms with E-state index in [1.165, 1.54) is 12.1 Å². The maximum atomic E-state index is 11.5. The third-order valence-corrected chi connectivity index (χ3v) is 2.53. The molecule has 6 heteroatoms. The number of hydrogen-bond acceptors (Lipinski definition) is 4. The summed E-state index contributed by atoms with van der Waals surface area (Å²) < 4.78 is 4.78. The highest BCUT2D eigenvalue weighted by molar-refractivity contribution is 5.87. The normalized spacial score (nSPS) is 11.5. The molecule has 0 aliphatic heterocycles. The fraction of sp³-hybridized carbons (Fsp3) is 0.286. The lowest BCUT2D eigenvalue weighted by atomic mass is 10.0. The fourth-order valence-corrected chi connectivity index (χ4v) is 1.57. The van der Waals surface area contributed by atoms with E-state index >= 15 is 0 Å². The summed E-state index contributed by atoms with van der Waals surface area (Å²) in [5, 5.41) is 20.8. The number of carbonyl (C=O) groups excluding carboxylic acids is 1. The van der Waals surface area contributed by atoms with Crippen molar-refractivity contribution in [2.45, 2.75) is 19.4 Å². The molecule has 0 fully saturated rings. The molecule has 1 amide bonds. The topological polar surface area (TPSA) is 95.9 Å². The highest BCUT2D eigenvalue weighted by Crippen LogP contribution is 2.22. The Hall–Kier alpha value is -2.34. The zero-order valence-corrected chi connectivity index (χ0v) is 11.1. The number of carbonyl (C=O) groups is 2. The predicted octanol–water partition coefficient (Wildman–Crippen LogP) is 2.10. The average Bonchev–Trinajstić information content (AvgIpc) is 2.37. The highest BCUT2D eigenvalue weighted by atomic mass is 16.5. The van der Waals surface area contributed by atoms with Crippen LogP contribution in [0.1, 0.15) is 24.2 Å². The quantitative estimate of drug-likeness (QED) is 0.693. The molecule has 108 valence electrons. The van der Waals surface area contributed by atoms with Crippen LogP contribution in [0.25, 0.3) is 0 Å². The zero-order valence-electron chi connectivity index (χ0n) is 11.1. The van der Waals surface area contributed by atoms with E-state index in [0.717, 1.165) is 0 Å². The Kier molecular flexibility index (Phi) is 5.74. The maximum absolute atomic E-state index is 11.5. The van der Waals surface area contributed by atoms with E-state index in [1.54, 1.807) is 19.1 Å². The van der Waals surface area contributed by atoms with Gasteiger partial charge in [0, 0.05) is 5.69 Å². The molecular weight excluding hydrogens is 262 g/mol. The number of rotatable bonds is 6. The number of aliphatic carboxylic acids is 1. The number of aliphatic hydroxyl groups excluding tert-OH is 1. The van der Waals surface area contributed by atoms with Gasteiger partial charge >= 0.3 is 12.1 Å². The summed E-state index contributed by atoms with van der Waals surface area (Å²) in [6.45, 7) is 5.05. The Labute approximate surface area is 116 Å². The van der Waals surface area contributed by atoms with Crippen molar-refractivity contribution in [3.8, 4) is 0 Å². The van der Waals surface area contributed by atoms with Gasteiger partial charge in [-0.05, 0) is 24.1 Å². The number of carboxylic acids is 1. The lowest BCUT2D eigenvalue weighted by Crippen LogP contribution is -2.16. The maximum Gasteiger partial charge on any atom is 0.411 e. The molecule has 1 aromatic carbocycles. The van der Waals surface area contributed by atoms with E-state index in [-0.39, 0.29) is 13.0 Å². The number of benzene rings is 1. The first-order valence-corrected chi connectivity index (χ1v) is 6.01. The molecule has 1 atom stereocenters. The monoisotopic (exact) mass is 279 g/mol. The Morgan fingerprint density at radius 1 is 1.50 bits per heavy atom.